The van der Waals surface area contributed by atoms with Gasteiger partial charge in [0.1, 0.15) is 6.54 Å². The first-order chi connectivity index (χ1) is 14.0. The number of carbonyl (C=O) groups excluding carboxylic acids is 2. The fourth-order valence-electron chi connectivity index (χ4n) is 3.98. The van der Waals surface area contributed by atoms with Crippen LogP contribution in [0.5, 0.6) is 0 Å². The molecule has 0 aromatic heterocycles. The Labute approximate surface area is 173 Å². The average molecular weight is 400 g/mol. The standard InChI is InChI=1S/C22H33N5O2/c1-4-23-22(25-18-11-13-26(15-18)21(29)16(2)3)24-14-20(28)27-12-7-9-17-8-5-6-10-19(17)27/h5-6,8,10,16,18H,4,7,9,11-15H2,1-3H3,(H2,23,24,25). The number of carbonyl (C=O) groups is 2. The molecule has 0 radical (unpaired) electrons. The molecule has 7 nitrogen and oxygen atoms in total. The van der Waals surface area contributed by atoms with Crippen LogP contribution in [0.1, 0.15) is 39.2 Å². The first-order valence-electron chi connectivity index (χ1n) is 10.7. The summed E-state index contributed by atoms with van der Waals surface area (Å²) in [4.78, 5) is 33.3. The molecule has 0 aliphatic carbocycles. The molecule has 1 fully saturated rings. The molecule has 29 heavy (non-hydrogen) atoms. The predicted molar refractivity (Wildman–Crippen MR) is 116 cm³/mol. The summed E-state index contributed by atoms with van der Waals surface area (Å²) in [6, 6.07) is 8.25. The molecule has 3 rings (SSSR count). The van der Waals surface area contributed by atoms with E-state index in [4.69, 9.17) is 0 Å². The predicted octanol–water partition coefficient (Wildman–Crippen LogP) is 1.78. The van der Waals surface area contributed by atoms with Crippen LogP contribution in [0.2, 0.25) is 0 Å². The third kappa shape index (κ3) is 5.28. The van der Waals surface area contributed by atoms with Crippen molar-refractivity contribution < 1.29 is 9.59 Å². The molecular formula is C22H33N5O2. The lowest BCUT2D eigenvalue weighted by atomic mass is 10.0. The van der Waals surface area contributed by atoms with Crippen molar-refractivity contribution in [2.24, 2.45) is 10.9 Å². The molecule has 2 heterocycles. The molecule has 7 heteroatoms. The van der Waals surface area contributed by atoms with E-state index in [1.165, 1.54) is 5.56 Å². The van der Waals surface area contributed by atoms with Gasteiger partial charge in [-0.1, -0.05) is 32.0 Å². The molecular weight excluding hydrogens is 366 g/mol. The summed E-state index contributed by atoms with van der Waals surface area (Å²) >= 11 is 0. The van der Waals surface area contributed by atoms with Crippen LogP contribution >= 0.6 is 0 Å². The maximum absolute atomic E-state index is 12.8. The molecule has 1 aromatic rings. The summed E-state index contributed by atoms with van der Waals surface area (Å²) in [7, 11) is 0. The maximum atomic E-state index is 12.8. The van der Waals surface area contributed by atoms with Crippen LogP contribution in [0.15, 0.2) is 29.3 Å². The number of nitrogens with zero attached hydrogens (tertiary/aromatic N) is 3. The lowest BCUT2D eigenvalue weighted by Gasteiger charge is -2.29. The van der Waals surface area contributed by atoms with Gasteiger partial charge in [-0.25, -0.2) is 4.99 Å². The molecule has 2 N–H and O–H groups in total. The number of anilines is 1. The third-order valence-electron chi connectivity index (χ3n) is 5.46. The van der Waals surface area contributed by atoms with Gasteiger partial charge in [-0.3, -0.25) is 9.59 Å². The topological polar surface area (TPSA) is 77.0 Å². The summed E-state index contributed by atoms with van der Waals surface area (Å²) in [6.45, 7) is 8.86. The minimum atomic E-state index is 0.0115. The number of rotatable bonds is 5. The summed E-state index contributed by atoms with van der Waals surface area (Å²) in [5.41, 5.74) is 2.23. The number of hydrogen-bond acceptors (Lipinski definition) is 3. The number of likely N-dealkylation sites (tertiary alicyclic amines) is 1. The second-order valence-corrected chi connectivity index (χ2v) is 8.04. The lowest BCUT2D eigenvalue weighted by Crippen LogP contribution is -2.46. The van der Waals surface area contributed by atoms with Crippen molar-refractivity contribution >= 4 is 23.5 Å². The zero-order valence-corrected chi connectivity index (χ0v) is 17.8. The van der Waals surface area contributed by atoms with E-state index in [0.29, 0.717) is 19.0 Å². The number of hydrogen-bond donors (Lipinski definition) is 2. The fraction of sp³-hybridized carbons (Fsp3) is 0.591. The first kappa shape index (κ1) is 21.1. The molecule has 1 unspecified atom stereocenters. The van der Waals surface area contributed by atoms with Crippen LogP contribution in [0.25, 0.3) is 0 Å². The van der Waals surface area contributed by atoms with E-state index in [1.807, 2.05) is 48.8 Å². The first-order valence-corrected chi connectivity index (χ1v) is 10.7. The molecule has 0 spiro atoms. The highest BCUT2D eigenvalue weighted by molar-refractivity contribution is 5.97. The van der Waals surface area contributed by atoms with Gasteiger partial charge in [-0.05, 0) is 37.8 Å². The van der Waals surface area contributed by atoms with Gasteiger partial charge < -0.3 is 20.4 Å². The SMILES string of the molecule is CCNC(=NCC(=O)N1CCCc2ccccc21)NC1CCN(C(=O)C(C)C)C1. The van der Waals surface area contributed by atoms with E-state index in [0.717, 1.165) is 38.0 Å². The van der Waals surface area contributed by atoms with Crippen molar-refractivity contribution in [2.75, 3.05) is 37.6 Å². The van der Waals surface area contributed by atoms with Crippen LogP contribution in [0.4, 0.5) is 5.69 Å². The quantitative estimate of drug-likeness (QED) is 0.585. The number of guanidine groups is 1. The van der Waals surface area contributed by atoms with Crippen molar-refractivity contribution in [3.8, 4) is 0 Å². The van der Waals surface area contributed by atoms with Gasteiger partial charge in [0.2, 0.25) is 11.8 Å². The highest BCUT2D eigenvalue weighted by Crippen LogP contribution is 2.26. The van der Waals surface area contributed by atoms with Gasteiger partial charge in [0, 0.05) is 43.8 Å². The van der Waals surface area contributed by atoms with Crippen molar-refractivity contribution in [3.63, 3.8) is 0 Å². The monoisotopic (exact) mass is 399 g/mol. The molecule has 2 aliphatic rings. The van der Waals surface area contributed by atoms with Gasteiger partial charge >= 0.3 is 0 Å². The number of benzene rings is 1. The Bertz CT molecular complexity index is 761. The molecule has 1 atom stereocenters. The van der Waals surface area contributed by atoms with Gasteiger partial charge in [0.05, 0.1) is 0 Å². The number of nitrogens with one attached hydrogen (secondary N) is 2. The van der Waals surface area contributed by atoms with Crippen molar-refractivity contribution in [1.82, 2.24) is 15.5 Å². The highest BCUT2D eigenvalue weighted by atomic mass is 16.2. The van der Waals surface area contributed by atoms with E-state index in [1.54, 1.807) is 0 Å². The number of amides is 2. The van der Waals surface area contributed by atoms with Gasteiger partial charge in [-0.2, -0.15) is 0 Å². The van der Waals surface area contributed by atoms with Crippen LogP contribution in [-0.4, -0.2) is 61.4 Å². The number of aryl methyl sites for hydroxylation is 1. The van der Waals surface area contributed by atoms with Gasteiger partial charge in [0.25, 0.3) is 0 Å². The second-order valence-electron chi connectivity index (χ2n) is 8.04. The van der Waals surface area contributed by atoms with Crippen molar-refractivity contribution in [2.45, 2.75) is 46.1 Å². The van der Waals surface area contributed by atoms with E-state index in [2.05, 4.69) is 21.7 Å². The molecule has 1 aromatic carbocycles. The van der Waals surface area contributed by atoms with Gasteiger partial charge in [-0.15, -0.1) is 0 Å². The highest BCUT2D eigenvalue weighted by Gasteiger charge is 2.28. The minimum absolute atomic E-state index is 0.0115. The Morgan fingerprint density at radius 1 is 1.24 bits per heavy atom. The van der Waals surface area contributed by atoms with Gasteiger partial charge in [0.15, 0.2) is 5.96 Å². The fourth-order valence-corrected chi connectivity index (χ4v) is 3.98. The van der Waals surface area contributed by atoms with Crippen LogP contribution in [0.3, 0.4) is 0 Å². The van der Waals surface area contributed by atoms with Crippen molar-refractivity contribution in [1.29, 1.82) is 0 Å². The van der Waals surface area contributed by atoms with E-state index in [9.17, 15) is 9.59 Å². The normalized spacial score (nSPS) is 19.3. The third-order valence-corrected chi connectivity index (χ3v) is 5.46. The smallest absolute Gasteiger partial charge is 0.248 e. The Morgan fingerprint density at radius 3 is 2.79 bits per heavy atom. The molecule has 1 saturated heterocycles. The summed E-state index contributed by atoms with van der Waals surface area (Å²) in [5.74, 6) is 0.850. The summed E-state index contributed by atoms with van der Waals surface area (Å²) in [5, 5.41) is 6.61. The van der Waals surface area contributed by atoms with E-state index in [-0.39, 0.29) is 30.3 Å². The van der Waals surface area contributed by atoms with Crippen LogP contribution in [-0.2, 0) is 16.0 Å². The second kappa shape index (κ2) is 9.76. The molecule has 158 valence electrons. The average Bonchev–Trinajstić information content (AvgIpc) is 3.19. The van der Waals surface area contributed by atoms with Crippen molar-refractivity contribution in [3.05, 3.63) is 29.8 Å². The maximum Gasteiger partial charge on any atom is 0.248 e. The van der Waals surface area contributed by atoms with Crippen LogP contribution < -0.4 is 15.5 Å². The number of fused-ring (bicyclic) bond motifs is 1. The Hall–Kier alpha value is -2.57. The summed E-state index contributed by atoms with van der Waals surface area (Å²) < 4.78 is 0. The zero-order valence-electron chi connectivity index (χ0n) is 17.8. The number of aliphatic imine (C=N–C) groups is 1. The molecule has 0 saturated carbocycles. The minimum Gasteiger partial charge on any atom is -0.357 e. The molecule has 2 aliphatic heterocycles. The van der Waals surface area contributed by atoms with E-state index < -0.39 is 0 Å². The Morgan fingerprint density at radius 2 is 2.03 bits per heavy atom. The largest absolute Gasteiger partial charge is 0.357 e. The summed E-state index contributed by atoms with van der Waals surface area (Å²) in [6.07, 6.45) is 2.88. The lowest BCUT2D eigenvalue weighted by molar-refractivity contribution is -0.133. The Kier molecular flexibility index (Phi) is 7.12. The van der Waals surface area contributed by atoms with Crippen LogP contribution in [0, 0.1) is 5.92 Å². The molecule has 2 amide bonds. The number of para-hydroxylation sites is 1. The Balaban J connectivity index is 1.60. The molecule has 0 bridgehead atoms. The zero-order chi connectivity index (χ0) is 20.8. The van der Waals surface area contributed by atoms with E-state index >= 15 is 0 Å².